The van der Waals surface area contributed by atoms with Crippen LogP contribution in [0.25, 0.3) is 0 Å². The van der Waals surface area contributed by atoms with Crippen molar-refractivity contribution >= 4 is 34.7 Å². The standard InChI is InChI=1S/C11H8Cl2FN3/c1-6-2-3-7(14)4-9(6)16-10-8(12)5-15-11(13)17-10/h2-5H,1H3,(H,15,16,17). The van der Waals surface area contributed by atoms with E-state index in [9.17, 15) is 4.39 Å². The quantitative estimate of drug-likeness (QED) is 0.840. The zero-order chi connectivity index (χ0) is 12.4. The molecule has 0 bridgehead atoms. The minimum absolute atomic E-state index is 0.0750. The van der Waals surface area contributed by atoms with E-state index in [0.717, 1.165) is 5.56 Å². The Morgan fingerprint density at radius 1 is 1.29 bits per heavy atom. The van der Waals surface area contributed by atoms with Gasteiger partial charge >= 0.3 is 0 Å². The molecule has 88 valence electrons. The molecule has 0 atom stereocenters. The number of aromatic nitrogens is 2. The number of nitrogens with one attached hydrogen (secondary N) is 1. The Morgan fingerprint density at radius 3 is 2.82 bits per heavy atom. The van der Waals surface area contributed by atoms with Gasteiger partial charge in [0.05, 0.1) is 6.20 Å². The van der Waals surface area contributed by atoms with Crippen molar-refractivity contribution in [1.82, 2.24) is 9.97 Å². The summed E-state index contributed by atoms with van der Waals surface area (Å²) in [6.45, 7) is 1.85. The van der Waals surface area contributed by atoms with Crippen molar-refractivity contribution in [3.8, 4) is 0 Å². The number of anilines is 2. The van der Waals surface area contributed by atoms with Crippen LogP contribution in [0.15, 0.2) is 24.4 Å². The molecule has 0 spiro atoms. The van der Waals surface area contributed by atoms with E-state index >= 15 is 0 Å². The van der Waals surface area contributed by atoms with Crippen LogP contribution in [0, 0.1) is 12.7 Å². The highest BCUT2D eigenvalue weighted by molar-refractivity contribution is 6.33. The van der Waals surface area contributed by atoms with E-state index < -0.39 is 0 Å². The fraction of sp³-hybridized carbons (Fsp3) is 0.0909. The molecule has 0 aliphatic heterocycles. The third kappa shape index (κ3) is 2.84. The van der Waals surface area contributed by atoms with Crippen LogP contribution in [-0.2, 0) is 0 Å². The lowest BCUT2D eigenvalue weighted by Gasteiger charge is -2.09. The summed E-state index contributed by atoms with van der Waals surface area (Å²) in [5.41, 5.74) is 1.46. The first-order chi connectivity index (χ1) is 8.06. The van der Waals surface area contributed by atoms with Crippen molar-refractivity contribution in [2.75, 3.05) is 5.32 Å². The maximum atomic E-state index is 13.1. The van der Waals surface area contributed by atoms with E-state index in [1.54, 1.807) is 6.07 Å². The number of rotatable bonds is 2. The van der Waals surface area contributed by atoms with Crippen LogP contribution >= 0.6 is 23.2 Å². The Hall–Kier alpha value is -1.39. The minimum Gasteiger partial charge on any atom is -0.339 e. The molecule has 1 N–H and O–H groups in total. The summed E-state index contributed by atoms with van der Waals surface area (Å²) < 4.78 is 13.1. The first kappa shape index (κ1) is 12.1. The summed E-state index contributed by atoms with van der Waals surface area (Å²) in [5, 5.41) is 3.31. The van der Waals surface area contributed by atoms with Crippen LogP contribution in [-0.4, -0.2) is 9.97 Å². The van der Waals surface area contributed by atoms with Crippen LogP contribution in [0.5, 0.6) is 0 Å². The van der Waals surface area contributed by atoms with E-state index in [-0.39, 0.29) is 11.1 Å². The van der Waals surface area contributed by atoms with Gasteiger partial charge in [-0.05, 0) is 36.2 Å². The molecule has 0 saturated heterocycles. The molecule has 0 aliphatic carbocycles. The highest BCUT2D eigenvalue weighted by atomic mass is 35.5. The Labute approximate surface area is 108 Å². The largest absolute Gasteiger partial charge is 0.339 e. The van der Waals surface area contributed by atoms with Crippen LogP contribution in [0.1, 0.15) is 5.56 Å². The van der Waals surface area contributed by atoms with Crippen LogP contribution in [0.3, 0.4) is 0 Å². The molecule has 0 aliphatic rings. The van der Waals surface area contributed by atoms with E-state index in [1.165, 1.54) is 18.3 Å². The predicted octanol–water partition coefficient (Wildman–Crippen LogP) is 3.97. The molecule has 6 heteroatoms. The molecule has 1 aromatic heterocycles. The number of hydrogen-bond acceptors (Lipinski definition) is 3. The van der Waals surface area contributed by atoms with Crippen molar-refractivity contribution in [3.63, 3.8) is 0 Å². The van der Waals surface area contributed by atoms with E-state index in [0.29, 0.717) is 16.5 Å². The lowest BCUT2D eigenvalue weighted by atomic mass is 10.2. The number of aryl methyl sites for hydroxylation is 1. The Balaban J connectivity index is 2.37. The van der Waals surface area contributed by atoms with E-state index in [4.69, 9.17) is 23.2 Å². The fourth-order valence-corrected chi connectivity index (χ4v) is 1.56. The molecule has 2 aromatic rings. The fourth-order valence-electron chi connectivity index (χ4n) is 1.29. The number of halogens is 3. The molecule has 1 heterocycles. The van der Waals surface area contributed by atoms with Crippen molar-refractivity contribution in [2.24, 2.45) is 0 Å². The molecule has 1 aromatic carbocycles. The van der Waals surface area contributed by atoms with Gasteiger partial charge in [0.25, 0.3) is 0 Å². The molecule has 0 saturated carbocycles. The first-order valence-electron chi connectivity index (χ1n) is 4.77. The van der Waals surface area contributed by atoms with Gasteiger partial charge in [0, 0.05) is 5.69 Å². The van der Waals surface area contributed by atoms with Gasteiger partial charge < -0.3 is 5.32 Å². The normalized spacial score (nSPS) is 10.4. The summed E-state index contributed by atoms with van der Waals surface area (Å²) >= 11 is 11.6. The number of nitrogens with zero attached hydrogens (tertiary/aromatic N) is 2. The van der Waals surface area contributed by atoms with Crippen LogP contribution in [0.2, 0.25) is 10.3 Å². The highest BCUT2D eigenvalue weighted by Crippen LogP contribution is 2.26. The molecule has 17 heavy (non-hydrogen) atoms. The second kappa shape index (κ2) is 4.85. The van der Waals surface area contributed by atoms with Gasteiger partial charge in [-0.25, -0.2) is 9.37 Å². The van der Waals surface area contributed by atoms with Crippen molar-refractivity contribution in [1.29, 1.82) is 0 Å². The molecular formula is C11H8Cl2FN3. The maximum absolute atomic E-state index is 13.1. The average Bonchev–Trinajstić information content (AvgIpc) is 2.28. The van der Waals surface area contributed by atoms with E-state index in [1.807, 2.05) is 6.92 Å². The van der Waals surface area contributed by atoms with Crippen molar-refractivity contribution in [2.45, 2.75) is 6.92 Å². The molecule has 0 unspecified atom stereocenters. The van der Waals surface area contributed by atoms with E-state index in [2.05, 4.69) is 15.3 Å². The van der Waals surface area contributed by atoms with Gasteiger partial charge in [0.2, 0.25) is 5.28 Å². The second-order valence-corrected chi connectivity index (χ2v) is 4.17. The summed E-state index contributed by atoms with van der Waals surface area (Å²) in [7, 11) is 0. The predicted molar refractivity (Wildman–Crippen MR) is 66.5 cm³/mol. The zero-order valence-electron chi connectivity index (χ0n) is 8.84. The lowest BCUT2D eigenvalue weighted by Crippen LogP contribution is -1.98. The molecular weight excluding hydrogens is 264 g/mol. The molecule has 3 nitrogen and oxygen atoms in total. The van der Waals surface area contributed by atoms with Gasteiger partial charge in [-0.3, -0.25) is 0 Å². The smallest absolute Gasteiger partial charge is 0.224 e. The van der Waals surface area contributed by atoms with Gasteiger partial charge in [0.15, 0.2) is 5.82 Å². The summed E-state index contributed by atoms with van der Waals surface area (Å²) in [5.74, 6) is 0.00902. The third-order valence-electron chi connectivity index (χ3n) is 2.17. The SMILES string of the molecule is Cc1ccc(F)cc1Nc1nc(Cl)ncc1Cl. The summed E-state index contributed by atoms with van der Waals surface area (Å²) in [4.78, 5) is 7.66. The number of benzene rings is 1. The molecule has 0 radical (unpaired) electrons. The van der Waals surface area contributed by atoms with Gasteiger partial charge in [0.1, 0.15) is 10.8 Å². The van der Waals surface area contributed by atoms with Crippen LogP contribution < -0.4 is 5.32 Å². The summed E-state index contributed by atoms with van der Waals surface area (Å²) in [6.07, 6.45) is 1.38. The first-order valence-corrected chi connectivity index (χ1v) is 5.53. The monoisotopic (exact) mass is 271 g/mol. The molecule has 0 amide bonds. The number of hydrogen-bond donors (Lipinski definition) is 1. The van der Waals surface area contributed by atoms with Crippen LogP contribution in [0.4, 0.5) is 15.9 Å². The Morgan fingerprint density at radius 2 is 2.06 bits per heavy atom. The van der Waals surface area contributed by atoms with Gasteiger partial charge in [-0.1, -0.05) is 17.7 Å². The third-order valence-corrected chi connectivity index (χ3v) is 2.63. The lowest BCUT2D eigenvalue weighted by molar-refractivity contribution is 0.628. The topological polar surface area (TPSA) is 37.8 Å². The second-order valence-electron chi connectivity index (χ2n) is 3.42. The molecule has 0 fully saturated rings. The highest BCUT2D eigenvalue weighted by Gasteiger charge is 2.07. The van der Waals surface area contributed by atoms with Gasteiger partial charge in [-0.15, -0.1) is 0 Å². The summed E-state index contributed by atoms with van der Waals surface area (Å²) in [6, 6.07) is 4.41. The van der Waals surface area contributed by atoms with Crippen molar-refractivity contribution in [3.05, 3.63) is 46.1 Å². The zero-order valence-corrected chi connectivity index (χ0v) is 10.3. The Bertz CT molecular complexity index is 511. The molecule has 2 rings (SSSR count). The average molecular weight is 272 g/mol. The minimum atomic E-state index is -0.339. The Kier molecular flexibility index (Phi) is 3.45. The maximum Gasteiger partial charge on any atom is 0.224 e. The van der Waals surface area contributed by atoms with Crippen molar-refractivity contribution < 1.29 is 4.39 Å². The van der Waals surface area contributed by atoms with Gasteiger partial charge in [-0.2, -0.15) is 4.98 Å².